The van der Waals surface area contributed by atoms with Crippen LogP contribution in [0.2, 0.25) is 0 Å². The molecule has 0 aromatic heterocycles. The Kier molecular flexibility index (Phi) is 8.04. The van der Waals surface area contributed by atoms with Gasteiger partial charge in [0.25, 0.3) is 5.91 Å². The number of carbonyl (C=O) groups is 1. The molecule has 0 bridgehead atoms. The number of amides is 1. The molecule has 7 heteroatoms. The first-order chi connectivity index (χ1) is 14.5. The van der Waals surface area contributed by atoms with Crippen molar-refractivity contribution in [3.05, 3.63) is 92.9 Å². The molecule has 0 aliphatic carbocycles. The summed E-state index contributed by atoms with van der Waals surface area (Å²) in [7, 11) is 0. The summed E-state index contributed by atoms with van der Waals surface area (Å²) in [5.74, 6) is 0.915. The van der Waals surface area contributed by atoms with Crippen LogP contribution in [0.3, 0.4) is 0 Å². The number of benzene rings is 3. The molecule has 5 nitrogen and oxygen atoms in total. The predicted molar refractivity (Wildman–Crippen MR) is 125 cm³/mol. The molecule has 0 unspecified atom stereocenters. The van der Waals surface area contributed by atoms with Crippen LogP contribution in [-0.4, -0.2) is 18.2 Å². The van der Waals surface area contributed by atoms with E-state index in [1.54, 1.807) is 19.2 Å². The van der Waals surface area contributed by atoms with Gasteiger partial charge >= 0.3 is 0 Å². The molecular formula is C23H20Br2N2O3. The summed E-state index contributed by atoms with van der Waals surface area (Å²) in [6, 6.07) is 22.8. The third-order valence-electron chi connectivity index (χ3n) is 4.09. The number of hydrogen-bond acceptors (Lipinski definition) is 4. The molecule has 0 aliphatic heterocycles. The van der Waals surface area contributed by atoms with Crippen LogP contribution in [0.5, 0.6) is 11.5 Å². The van der Waals surface area contributed by atoms with Gasteiger partial charge in [-0.15, -0.1) is 0 Å². The molecular weight excluding hydrogens is 512 g/mol. The summed E-state index contributed by atoms with van der Waals surface area (Å²) in [6.45, 7) is 2.09. The van der Waals surface area contributed by atoms with E-state index in [1.165, 1.54) is 0 Å². The molecule has 0 saturated carbocycles. The molecule has 3 rings (SSSR count). The minimum absolute atomic E-state index is 0.352. The minimum Gasteiger partial charge on any atom is -0.488 e. The lowest BCUT2D eigenvalue weighted by Crippen LogP contribution is -2.33. The second-order valence-electron chi connectivity index (χ2n) is 6.38. The normalized spacial score (nSPS) is 11.8. The first-order valence-electron chi connectivity index (χ1n) is 9.23. The highest BCUT2D eigenvalue weighted by atomic mass is 79.9. The van der Waals surface area contributed by atoms with Gasteiger partial charge in [-0.05, 0) is 64.8 Å². The molecule has 1 atom stereocenters. The third-order valence-corrected chi connectivity index (χ3v) is 5.24. The van der Waals surface area contributed by atoms with Crippen molar-refractivity contribution in [2.75, 3.05) is 0 Å². The van der Waals surface area contributed by atoms with Crippen LogP contribution in [0, 0.1) is 0 Å². The maximum absolute atomic E-state index is 12.3. The Labute approximate surface area is 192 Å². The first kappa shape index (κ1) is 22.1. The number of hydrogen-bond donors (Lipinski definition) is 1. The summed E-state index contributed by atoms with van der Waals surface area (Å²) in [5, 5.41) is 4.05. The summed E-state index contributed by atoms with van der Waals surface area (Å²) in [5.41, 5.74) is 4.31. The van der Waals surface area contributed by atoms with Crippen molar-refractivity contribution in [1.29, 1.82) is 0 Å². The zero-order valence-corrected chi connectivity index (χ0v) is 19.4. The van der Waals surface area contributed by atoms with Crippen LogP contribution >= 0.6 is 31.9 Å². The Morgan fingerprint density at radius 3 is 2.53 bits per heavy atom. The van der Waals surface area contributed by atoms with Gasteiger partial charge in [-0.25, -0.2) is 5.43 Å². The van der Waals surface area contributed by atoms with Gasteiger partial charge in [0, 0.05) is 10.0 Å². The highest BCUT2D eigenvalue weighted by Gasteiger charge is 2.15. The molecule has 3 aromatic carbocycles. The Hall–Kier alpha value is -2.64. The minimum atomic E-state index is -0.705. The molecule has 3 aromatic rings. The van der Waals surface area contributed by atoms with E-state index in [0.29, 0.717) is 18.1 Å². The standard InChI is InChI=1S/C23H20Br2N2O3/c1-16(30-22-12-5-3-10-20(22)25)23(28)27-26-14-18-8-2-4-11-21(18)29-15-17-7-6-9-19(24)13-17/h2-14,16H,15H2,1H3,(H,27,28)/b26-14-/t16-/m0/s1. The lowest BCUT2D eigenvalue weighted by Gasteiger charge is -2.14. The fourth-order valence-corrected chi connectivity index (χ4v) is 3.37. The van der Waals surface area contributed by atoms with Crippen molar-refractivity contribution < 1.29 is 14.3 Å². The first-order valence-corrected chi connectivity index (χ1v) is 10.8. The number of para-hydroxylation sites is 2. The zero-order valence-electron chi connectivity index (χ0n) is 16.2. The number of hydrazone groups is 1. The van der Waals surface area contributed by atoms with Gasteiger partial charge in [-0.1, -0.05) is 52.3 Å². The van der Waals surface area contributed by atoms with E-state index in [2.05, 4.69) is 42.4 Å². The number of nitrogens with zero attached hydrogens (tertiary/aromatic N) is 1. The Morgan fingerprint density at radius 1 is 1.03 bits per heavy atom. The number of rotatable bonds is 8. The molecule has 154 valence electrons. The second-order valence-corrected chi connectivity index (χ2v) is 8.15. The fourth-order valence-electron chi connectivity index (χ4n) is 2.55. The van der Waals surface area contributed by atoms with Crippen LogP contribution in [-0.2, 0) is 11.4 Å². The Balaban J connectivity index is 1.58. The van der Waals surface area contributed by atoms with E-state index in [9.17, 15) is 4.79 Å². The zero-order chi connectivity index (χ0) is 21.3. The Morgan fingerprint density at radius 2 is 1.77 bits per heavy atom. The number of carbonyl (C=O) groups excluding carboxylic acids is 1. The predicted octanol–water partition coefficient (Wildman–Crippen LogP) is 5.71. The monoisotopic (exact) mass is 530 g/mol. The highest BCUT2D eigenvalue weighted by molar-refractivity contribution is 9.10. The van der Waals surface area contributed by atoms with Crippen LogP contribution in [0.1, 0.15) is 18.1 Å². The van der Waals surface area contributed by atoms with Gasteiger partial charge in [-0.3, -0.25) is 4.79 Å². The molecule has 1 amide bonds. The van der Waals surface area contributed by atoms with Crippen LogP contribution in [0.25, 0.3) is 0 Å². The summed E-state index contributed by atoms with van der Waals surface area (Å²) >= 11 is 6.85. The van der Waals surface area contributed by atoms with Crippen molar-refractivity contribution in [2.45, 2.75) is 19.6 Å². The number of ether oxygens (including phenoxy) is 2. The molecule has 30 heavy (non-hydrogen) atoms. The molecule has 0 fully saturated rings. The maximum Gasteiger partial charge on any atom is 0.280 e. The SMILES string of the molecule is C[C@H](Oc1ccccc1Br)C(=O)N/N=C\c1ccccc1OCc1cccc(Br)c1. The largest absolute Gasteiger partial charge is 0.488 e. The van der Waals surface area contributed by atoms with Gasteiger partial charge in [-0.2, -0.15) is 5.10 Å². The fraction of sp³-hybridized carbons (Fsp3) is 0.130. The van der Waals surface area contributed by atoms with Gasteiger partial charge < -0.3 is 9.47 Å². The molecule has 0 heterocycles. The van der Waals surface area contributed by atoms with Crippen molar-refractivity contribution in [3.8, 4) is 11.5 Å². The van der Waals surface area contributed by atoms with Crippen molar-refractivity contribution in [1.82, 2.24) is 5.43 Å². The molecule has 0 aliphatic rings. The van der Waals surface area contributed by atoms with E-state index in [1.807, 2.05) is 66.7 Å². The van der Waals surface area contributed by atoms with E-state index in [0.717, 1.165) is 20.1 Å². The van der Waals surface area contributed by atoms with Gasteiger partial charge in [0.1, 0.15) is 18.1 Å². The van der Waals surface area contributed by atoms with Gasteiger partial charge in [0.05, 0.1) is 10.7 Å². The van der Waals surface area contributed by atoms with Crippen LogP contribution in [0.4, 0.5) is 0 Å². The summed E-state index contributed by atoms with van der Waals surface area (Å²) in [4.78, 5) is 12.3. The number of nitrogens with one attached hydrogen (secondary N) is 1. The van der Waals surface area contributed by atoms with Gasteiger partial charge in [0.2, 0.25) is 0 Å². The second kappa shape index (κ2) is 10.9. The third kappa shape index (κ3) is 6.43. The van der Waals surface area contributed by atoms with E-state index in [-0.39, 0.29) is 5.91 Å². The number of halogens is 2. The topological polar surface area (TPSA) is 59.9 Å². The van der Waals surface area contributed by atoms with E-state index < -0.39 is 6.10 Å². The van der Waals surface area contributed by atoms with Crippen molar-refractivity contribution in [2.24, 2.45) is 5.10 Å². The smallest absolute Gasteiger partial charge is 0.280 e. The Bertz CT molecular complexity index is 1040. The summed E-state index contributed by atoms with van der Waals surface area (Å²) in [6.07, 6.45) is 0.850. The lowest BCUT2D eigenvalue weighted by molar-refractivity contribution is -0.127. The maximum atomic E-state index is 12.3. The molecule has 0 saturated heterocycles. The summed E-state index contributed by atoms with van der Waals surface area (Å²) < 4.78 is 13.4. The van der Waals surface area contributed by atoms with Crippen molar-refractivity contribution >= 4 is 44.0 Å². The molecule has 1 N–H and O–H groups in total. The molecule has 0 radical (unpaired) electrons. The highest BCUT2D eigenvalue weighted by Crippen LogP contribution is 2.25. The quantitative estimate of drug-likeness (QED) is 0.299. The van der Waals surface area contributed by atoms with Gasteiger partial charge in [0.15, 0.2) is 6.10 Å². The van der Waals surface area contributed by atoms with Crippen LogP contribution < -0.4 is 14.9 Å². The van der Waals surface area contributed by atoms with E-state index in [4.69, 9.17) is 9.47 Å². The van der Waals surface area contributed by atoms with Crippen LogP contribution in [0.15, 0.2) is 86.8 Å². The van der Waals surface area contributed by atoms with Crippen molar-refractivity contribution in [3.63, 3.8) is 0 Å². The lowest BCUT2D eigenvalue weighted by atomic mass is 10.2. The average molecular weight is 532 g/mol. The average Bonchev–Trinajstić information content (AvgIpc) is 2.74. The molecule has 0 spiro atoms. The van der Waals surface area contributed by atoms with E-state index >= 15 is 0 Å².